The zero-order valence-corrected chi connectivity index (χ0v) is 25.5. The maximum atomic E-state index is 14.2. The zero-order valence-electron chi connectivity index (χ0n) is 23.2. The van der Waals surface area contributed by atoms with Gasteiger partial charge in [-0.15, -0.1) is 0 Å². The normalized spacial score (nSPS) is 12.1. The molecule has 10 heteroatoms. The number of carbonyl (C=O) groups excluding carboxylic acids is 2. The quantitative estimate of drug-likeness (QED) is 0.294. The number of hydrogen-bond donors (Lipinski definition) is 1. The first-order valence-electron chi connectivity index (χ1n) is 13.0. The van der Waals surface area contributed by atoms with E-state index in [1.165, 1.54) is 4.90 Å². The lowest BCUT2D eigenvalue weighted by Crippen LogP contribution is -2.53. The second-order valence-electron chi connectivity index (χ2n) is 9.73. The highest BCUT2D eigenvalue weighted by Gasteiger charge is 2.34. The van der Waals surface area contributed by atoms with E-state index in [0.29, 0.717) is 45.4 Å². The molecule has 0 radical (unpaired) electrons. The van der Waals surface area contributed by atoms with Crippen molar-refractivity contribution in [2.24, 2.45) is 0 Å². The third-order valence-electron chi connectivity index (χ3n) is 6.58. The molecule has 0 aliphatic carbocycles. The number of anilines is 1. The minimum atomic E-state index is -3.87. The van der Waals surface area contributed by atoms with Gasteiger partial charge in [-0.05, 0) is 49.1 Å². The van der Waals surface area contributed by atoms with Gasteiger partial charge >= 0.3 is 0 Å². The lowest BCUT2D eigenvalue weighted by Gasteiger charge is -2.34. The highest BCUT2D eigenvalue weighted by molar-refractivity contribution is 7.92. The van der Waals surface area contributed by atoms with Gasteiger partial charge < -0.3 is 10.2 Å². The maximum Gasteiger partial charge on any atom is 0.244 e. The SMILES string of the molecule is CCCNC(=O)C(Cc1ccccc1)N(Cc1c(Cl)cccc1Cl)C(=O)CN(c1c(C)cccc1C)S(C)(=O)=O. The van der Waals surface area contributed by atoms with Crippen molar-refractivity contribution in [3.05, 3.63) is 99.0 Å². The highest BCUT2D eigenvalue weighted by atomic mass is 35.5. The fraction of sp³-hybridized carbons (Fsp3) is 0.333. The van der Waals surface area contributed by atoms with Crippen LogP contribution in [-0.2, 0) is 32.6 Å². The van der Waals surface area contributed by atoms with Crippen molar-refractivity contribution in [1.82, 2.24) is 10.2 Å². The van der Waals surface area contributed by atoms with Crippen molar-refractivity contribution in [2.75, 3.05) is 23.7 Å². The standard InChI is InChI=1S/C30H35Cl2N3O4S/c1-5-17-33-30(37)27(18-23-13-7-6-8-14-23)34(19-24-25(31)15-10-16-26(24)32)28(36)20-35(40(4,38)39)29-21(2)11-9-12-22(29)3/h6-16,27H,5,17-20H2,1-4H3,(H,33,37). The van der Waals surface area contributed by atoms with Crippen LogP contribution in [-0.4, -0.2) is 50.5 Å². The number of hydrogen-bond acceptors (Lipinski definition) is 4. The number of carbonyl (C=O) groups is 2. The van der Waals surface area contributed by atoms with Crippen molar-refractivity contribution >= 4 is 50.7 Å². The minimum Gasteiger partial charge on any atom is -0.354 e. The molecule has 0 spiro atoms. The minimum absolute atomic E-state index is 0.0846. The summed E-state index contributed by atoms with van der Waals surface area (Å²) in [4.78, 5) is 29.1. The summed E-state index contributed by atoms with van der Waals surface area (Å²) in [7, 11) is -3.87. The van der Waals surface area contributed by atoms with Crippen molar-refractivity contribution in [2.45, 2.75) is 46.2 Å². The number of nitrogens with one attached hydrogen (secondary N) is 1. The van der Waals surface area contributed by atoms with E-state index in [0.717, 1.165) is 16.1 Å². The summed E-state index contributed by atoms with van der Waals surface area (Å²) < 4.78 is 27.2. The van der Waals surface area contributed by atoms with Crippen molar-refractivity contribution < 1.29 is 18.0 Å². The van der Waals surface area contributed by atoms with E-state index in [1.54, 1.807) is 44.2 Å². The molecule has 40 heavy (non-hydrogen) atoms. The first-order valence-corrected chi connectivity index (χ1v) is 15.6. The predicted octanol–water partition coefficient (Wildman–Crippen LogP) is 5.54. The lowest BCUT2D eigenvalue weighted by atomic mass is 10.0. The smallest absolute Gasteiger partial charge is 0.244 e. The Balaban J connectivity index is 2.12. The molecule has 0 saturated heterocycles. The Labute approximate surface area is 247 Å². The second kappa shape index (κ2) is 14.0. The molecule has 3 aromatic rings. The van der Waals surface area contributed by atoms with Gasteiger partial charge in [0.05, 0.1) is 11.9 Å². The van der Waals surface area contributed by atoms with Gasteiger partial charge in [-0.25, -0.2) is 8.42 Å². The first kappa shape index (κ1) is 31.5. The molecule has 7 nitrogen and oxygen atoms in total. The molecule has 1 unspecified atom stereocenters. The van der Waals surface area contributed by atoms with Crippen molar-refractivity contribution in [3.63, 3.8) is 0 Å². The average molecular weight is 605 g/mol. The number of sulfonamides is 1. The second-order valence-corrected chi connectivity index (χ2v) is 12.4. The van der Waals surface area contributed by atoms with Gasteiger partial charge in [0.25, 0.3) is 0 Å². The van der Waals surface area contributed by atoms with E-state index < -0.39 is 28.5 Å². The molecule has 0 aliphatic heterocycles. The van der Waals surface area contributed by atoms with Gasteiger partial charge in [0, 0.05) is 35.1 Å². The predicted molar refractivity (Wildman–Crippen MR) is 162 cm³/mol. The molecule has 0 saturated carbocycles. The fourth-order valence-electron chi connectivity index (χ4n) is 4.55. The zero-order chi connectivity index (χ0) is 29.4. The molecule has 1 atom stereocenters. The molecule has 3 rings (SSSR count). The van der Waals surface area contributed by atoms with E-state index in [4.69, 9.17) is 23.2 Å². The third-order valence-corrected chi connectivity index (χ3v) is 8.40. The Bertz CT molecular complexity index is 1410. The fourth-order valence-corrected chi connectivity index (χ4v) is 6.03. The summed E-state index contributed by atoms with van der Waals surface area (Å²) in [5.74, 6) is -0.906. The van der Waals surface area contributed by atoms with Crippen LogP contribution in [0.15, 0.2) is 66.7 Å². The topological polar surface area (TPSA) is 86.8 Å². The molecular weight excluding hydrogens is 569 g/mol. The number of amides is 2. The first-order chi connectivity index (χ1) is 18.9. The molecule has 3 aromatic carbocycles. The summed E-state index contributed by atoms with van der Waals surface area (Å²) >= 11 is 13.0. The van der Waals surface area contributed by atoms with Gasteiger partial charge in [-0.1, -0.05) is 84.7 Å². The van der Waals surface area contributed by atoms with Gasteiger partial charge in [-0.3, -0.25) is 13.9 Å². The lowest BCUT2D eigenvalue weighted by molar-refractivity contribution is -0.140. The number of halogens is 2. The van der Waals surface area contributed by atoms with E-state index in [-0.39, 0.29) is 18.9 Å². The molecule has 0 bridgehead atoms. The monoisotopic (exact) mass is 603 g/mol. The molecule has 0 fully saturated rings. The van der Waals surface area contributed by atoms with E-state index in [2.05, 4.69) is 5.32 Å². The molecule has 0 aromatic heterocycles. The Morgan fingerprint density at radius 3 is 2.02 bits per heavy atom. The van der Waals surface area contributed by atoms with Crippen LogP contribution in [0.2, 0.25) is 10.0 Å². The van der Waals surface area contributed by atoms with E-state index >= 15 is 0 Å². The van der Waals surface area contributed by atoms with Crippen LogP contribution in [0, 0.1) is 13.8 Å². The molecule has 0 aliphatic rings. The number of para-hydroxylation sites is 1. The van der Waals surface area contributed by atoms with Gasteiger partial charge in [0.15, 0.2) is 0 Å². The van der Waals surface area contributed by atoms with Gasteiger partial charge in [0.2, 0.25) is 21.8 Å². The summed E-state index contributed by atoms with van der Waals surface area (Å²) in [5, 5.41) is 3.59. The van der Waals surface area contributed by atoms with E-state index in [1.807, 2.05) is 43.3 Å². The largest absolute Gasteiger partial charge is 0.354 e. The van der Waals surface area contributed by atoms with Crippen molar-refractivity contribution in [1.29, 1.82) is 0 Å². The van der Waals surface area contributed by atoms with Gasteiger partial charge in [0.1, 0.15) is 12.6 Å². The number of benzene rings is 3. The third kappa shape index (κ3) is 7.99. The molecule has 1 N–H and O–H groups in total. The van der Waals surface area contributed by atoms with Crippen LogP contribution in [0.25, 0.3) is 0 Å². The summed E-state index contributed by atoms with van der Waals surface area (Å²) in [6.45, 7) is 5.37. The van der Waals surface area contributed by atoms with Crippen LogP contribution >= 0.6 is 23.2 Å². The Hall–Kier alpha value is -3.07. The summed E-state index contributed by atoms with van der Waals surface area (Å²) in [6.07, 6.45) is 1.99. The van der Waals surface area contributed by atoms with Crippen LogP contribution in [0.4, 0.5) is 5.69 Å². The average Bonchev–Trinajstić information content (AvgIpc) is 2.90. The summed E-state index contributed by atoms with van der Waals surface area (Å²) in [5.41, 5.74) is 3.17. The number of nitrogens with zero attached hydrogens (tertiary/aromatic N) is 2. The molecule has 2 amide bonds. The number of rotatable bonds is 12. The van der Waals surface area contributed by atoms with Crippen LogP contribution in [0.1, 0.15) is 35.6 Å². The van der Waals surface area contributed by atoms with Crippen LogP contribution in [0.5, 0.6) is 0 Å². The number of aryl methyl sites for hydroxylation is 2. The molecule has 0 heterocycles. The highest BCUT2D eigenvalue weighted by Crippen LogP contribution is 2.29. The van der Waals surface area contributed by atoms with Crippen LogP contribution in [0.3, 0.4) is 0 Å². The molecular formula is C30H35Cl2N3O4S. The Kier molecular flexibility index (Phi) is 11.0. The Morgan fingerprint density at radius 1 is 0.900 bits per heavy atom. The molecule has 214 valence electrons. The summed E-state index contributed by atoms with van der Waals surface area (Å²) in [6, 6.07) is 18.8. The van der Waals surface area contributed by atoms with Crippen molar-refractivity contribution in [3.8, 4) is 0 Å². The van der Waals surface area contributed by atoms with Gasteiger partial charge in [-0.2, -0.15) is 0 Å². The Morgan fingerprint density at radius 2 is 1.48 bits per heavy atom. The van der Waals surface area contributed by atoms with E-state index in [9.17, 15) is 18.0 Å². The maximum absolute atomic E-state index is 14.2. The van der Waals surface area contributed by atoms with Crippen LogP contribution < -0.4 is 9.62 Å².